The van der Waals surface area contributed by atoms with Crippen molar-refractivity contribution in [3.63, 3.8) is 0 Å². The summed E-state index contributed by atoms with van der Waals surface area (Å²) in [6, 6.07) is 8.38. The van der Waals surface area contributed by atoms with E-state index in [1.54, 1.807) is 0 Å². The summed E-state index contributed by atoms with van der Waals surface area (Å²) in [6.07, 6.45) is 1.12. The predicted octanol–water partition coefficient (Wildman–Crippen LogP) is 3.25. The fourth-order valence-electron chi connectivity index (χ4n) is 1.78. The molecule has 0 bridgehead atoms. The minimum Gasteiger partial charge on any atom is -0.252 e. The van der Waals surface area contributed by atoms with Gasteiger partial charge in [-0.15, -0.1) is 11.8 Å². The third-order valence-electron chi connectivity index (χ3n) is 2.42. The van der Waals surface area contributed by atoms with E-state index in [0.717, 1.165) is 12.1 Å². The van der Waals surface area contributed by atoms with E-state index in [1.165, 1.54) is 22.6 Å². The van der Waals surface area contributed by atoms with Gasteiger partial charge in [-0.05, 0) is 17.9 Å². The van der Waals surface area contributed by atoms with Crippen LogP contribution in [0.3, 0.4) is 0 Å². The number of benzene rings is 1. The summed E-state index contributed by atoms with van der Waals surface area (Å²) < 4.78 is 0. The molecule has 0 fully saturated rings. The van der Waals surface area contributed by atoms with Crippen LogP contribution in [0.2, 0.25) is 0 Å². The maximum absolute atomic E-state index is 4.61. The Labute approximate surface area is 81.6 Å². The number of thioether (sulfide) groups is 1. The van der Waals surface area contributed by atoms with Gasteiger partial charge in [0.15, 0.2) is 0 Å². The molecule has 1 aromatic rings. The van der Waals surface area contributed by atoms with Crippen LogP contribution in [0.4, 0.5) is 5.69 Å². The molecule has 2 aliphatic heterocycles. The van der Waals surface area contributed by atoms with Crippen molar-refractivity contribution in [2.45, 2.75) is 6.42 Å². The molecular weight excluding hydrogens is 178 g/mol. The average molecular weight is 187 g/mol. The molecule has 0 aliphatic carbocycles. The number of hydrogen-bond acceptors (Lipinski definition) is 2. The number of nitrogens with zero attached hydrogens (tertiary/aromatic N) is 1. The zero-order valence-electron chi connectivity index (χ0n) is 7.16. The number of aliphatic imine (C=N–C) groups is 1. The van der Waals surface area contributed by atoms with Crippen LogP contribution in [0.5, 0.6) is 0 Å². The second kappa shape index (κ2) is 2.74. The van der Waals surface area contributed by atoms with Gasteiger partial charge in [0.25, 0.3) is 0 Å². The largest absolute Gasteiger partial charge is 0.252 e. The monoisotopic (exact) mass is 187 g/mol. The Morgan fingerprint density at radius 1 is 1.23 bits per heavy atom. The molecule has 3 rings (SSSR count). The van der Waals surface area contributed by atoms with Gasteiger partial charge in [0.1, 0.15) is 0 Å². The van der Waals surface area contributed by atoms with Crippen LogP contribution in [0.15, 0.2) is 34.7 Å². The molecule has 0 atom stereocenters. The molecule has 0 N–H and O–H groups in total. The van der Waals surface area contributed by atoms with Gasteiger partial charge in [-0.25, -0.2) is 0 Å². The van der Waals surface area contributed by atoms with Gasteiger partial charge in [-0.3, -0.25) is 4.99 Å². The molecule has 0 radical (unpaired) electrons. The van der Waals surface area contributed by atoms with Crippen LogP contribution in [0, 0.1) is 0 Å². The highest BCUT2D eigenvalue weighted by Gasteiger charge is 2.21. The highest BCUT2D eigenvalue weighted by atomic mass is 32.2. The van der Waals surface area contributed by atoms with Crippen molar-refractivity contribution in [3.05, 3.63) is 35.2 Å². The van der Waals surface area contributed by atoms with Crippen LogP contribution < -0.4 is 0 Å². The Balaban J connectivity index is 2.23. The third kappa shape index (κ3) is 1.05. The van der Waals surface area contributed by atoms with Crippen molar-refractivity contribution in [2.75, 3.05) is 5.75 Å². The molecule has 0 saturated carbocycles. The SMILES string of the molecule is C1=C2C(=Nc3ccccc32)CCS1. The van der Waals surface area contributed by atoms with Gasteiger partial charge >= 0.3 is 0 Å². The van der Waals surface area contributed by atoms with Crippen molar-refractivity contribution in [1.29, 1.82) is 0 Å². The van der Waals surface area contributed by atoms with Gasteiger partial charge in [-0.2, -0.15) is 0 Å². The molecule has 13 heavy (non-hydrogen) atoms. The highest BCUT2D eigenvalue weighted by molar-refractivity contribution is 8.02. The molecule has 2 aliphatic rings. The van der Waals surface area contributed by atoms with E-state index in [1.807, 2.05) is 17.8 Å². The Bertz CT molecular complexity index is 418. The predicted molar refractivity (Wildman–Crippen MR) is 58.6 cm³/mol. The molecule has 0 aromatic heterocycles. The van der Waals surface area contributed by atoms with Gasteiger partial charge in [-0.1, -0.05) is 18.2 Å². The Morgan fingerprint density at radius 2 is 2.15 bits per heavy atom. The highest BCUT2D eigenvalue weighted by Crippen LogP contribution is 2.39. The zero-order chi connectivity index (χ0) is 8.67. The zero-order valence-corrected chi connectivity index (χ0v) is 7.97. The molecule has 2 heterocycles. The normalized spacial score (nSPS) is 18.8. The lowest BCUT2D eigenvalue weighted by Crippen LogP contribution is -2.02. The smallest absolute Gasteiger partial charge is 0.0712 e. The fourth-order valence-corrected chi connectivity index (χ4v) is 2.64. The molecule has 1 nitrogen and oxygen atoms in total. The summed E-state index contributed by atoms with van der Waals surface area (Å²) in [7, 11) is 0. The molecule has 1 aromatic carbocycles. The first kappa shape index (κ1) is 7.39. The lowest BCUT2D eigenvalue weighted by Gasteiger charge is -2.09. The van der Waals surface area contributed by atoms with Gasteiger partial charge < -0.3 is 0 Å². The van der Waals surface area contributed by atoms with E-state index in [2.05, 4.69) is 28.6 Å². The fraction of sp³-hybridized carbons (Fsp3) is 0.182. The summed E-state index contributed by atoms with van der Waals surface area (Å²) in [4.78, 5) is 4.61. The average Bonchev–Trinajstić information content (AvgIpc) is 2.56. The first-order valence-electron chi connectivity index (χ1n) is 4.44. The lowest BCUT2D eigenvalue weighted by atomic mass is 10.0. The van der Waals surface area contributed by atoms with Crippen LogP contribution in [0.1, 0.15) is 12.0 Å². The Hall–Kier alpha value is -1.02. The minimum atomic E-state index is 1.12. The second-order valence-electron chi connectivity index (χ2n) is 3.23. The van der Waals surface area contributed by atoms with Crippen LogP contribution in [-0.4, -0.2) is 11.5 Å². The van der Waals surface area contributed by atoms with E-state index in [4.69, 9.17) is 0 Å². The first-order valence-corrected chi connectivity index (χ1v) is 5.49. The van der Waals surface area contributed by atoms with E-state index in [0.29, 0.717) is 0 Å². The van der Waals surface area contributed by atoms with Crippen molar-refractivity contribution in [3.8, 4) is 0 Å². The van der Waals surface area contributed by atoms with Crippen molar-refractivity contribution < 1.29 is 0 Å². The number of para-hydroxylation sites is 1. The van der Waals surface area contributed by atoms with Crippen LogP contribution in [-0.2, 0) is 0 Å². The first-order chi connectivity index (χ1) is 6.45. The molecule has 0 unspecified atom stereocenters. The summed E-state index contributed by atoms with van der Waals surface area (Å²) >= 11 is 1.89. The second-order valence-corrected chi connectivity index (χ2v) is 4.21. The molecular formula is C11H9NS. The van der Waals surface area contributed by atoms with Crippen molar-refractivity contribution >= 4 is 28.7 Å². The topological polar surface area (TPSA) is 12.4 Å². The van der Waals surface area contributed by atoms with Gasteiger partial charge in [0.2, 0.25) is 0 Å². The van der Waals surface area contributed by atoms with E-state index < -0.39 is 0 Å². The molecule has 0 spiro atoms. The number of fused-ring (bicyclic) bond motifs is 3. The lowest BCUT2D eigenvalue weighted by molar-refractivity contribution is 1.32. The Morgan fingerprint density at radius 3 is 3.15 bits per heavy atom. The van der Waals surface area contributed by atoms with E-state index in [-0.39, 0.29) is 0 Å². The Kier molecular flexibility index (Phi) is 1.56. The standard InChI is InChI=1S/C11H9NS/c1-2-4-10-8(3-1)9-7-13-6-5-11(9)12-10/h1-4,7H,5-6H2. The maximum atomic E-state index is 4.61. The summed E-state index contributed by atoms with van der Waals surface area (Å²) in [5.41, 5.74) is 5.09. The number of rotatable bonds is 0. The van der Waals surface area contributed by atoms with Gasteiger partial charge in [0, 0.05) is 16.9 Å². The van der Waals surface area contributed by atoms with Crippen LogP contribution in [0.25, 0.3) is 5.57 Å². The van der Waals surface area contributed by atoms with E-state index in [9.17, 15) is 0 Å². The van der Waals surface area contributed by atoms with Crippen molar-refractivity contribution in [2.24, 2.45) is 4.99 Å². The third-order valence-corrected chi connectivity index (χ3v) is 3.26. The molecule has 64 valence electrons. The molecule has 0 saturated heterocycles. The van der Waals surface area contributed by atoms with Gasteiger partial charge in [0.05, 0.1) is 11.4 Å². The summed E-state index contributed by atoms with van der Waals surface area (Å²) in [6.45, 7) is 0. The van der Waals surface area contributed by atoms with Crippen LogP contribution >= 0.6 is 11.8 Å². The van der Waals surface area contributed by atoms with E-state index >= 15 is 0 Å². The molecule has 2 heteroatoms. The number of allylic oxidation sites excluding steroid dienone is 1. The molecule has 0 amide bonds. The number of hydrogen-bond donors (Lipinski definition) is 0. The summed E-state index contributed by atoms with van der Waals surface area (Å²) in [5, 5.41) is 2.24. The summed E-state index contributed by atoms with van der Waals surface area (Å²) in [5.74, 6) is 1.18. The van der Waals surface area contributed by atoms with Crippen molar-refractivity contribution in [1.82, 2.24) is 0 Å². The minimum absolute atomic E-state index is 1.12. The quantitative estimate of drug-likeness (QED) is 0.607. The maximum Gasteiger partial charge on any atom is 0.0712 e.